The number of benzene rings is 2. The fourth-order valence-electron chi connectivity index (χ4n) is 1.73. The number of ketones is 1. The molecule has 2 aromatic carbocycles. The summed E-state index contributed by atoms with van der Waals surface area (Å²) in [5, 5.41) is 37.0. The number of phenols is 4. The van der Waals surface area contributed by atoms with Crippen LogP contribution in [0.3, 0.4) is 0 Å². The molecule has 2 aromatic rings. The molecule has 22 heavy (non-hydrogen) atoms. The van der Waals surface area contributed by atoms with E-state index in [1.54, 1.807) is 18.2 Å². The Morgan fingerprint density at radius 2 is 1.41 bits per heavy atom. The van der Waals surface area contributed by atoms with Crippen LogP contribution in [0.1, 0.15) is 15.9 Å². The molecule has 0 aliphatic heterocycles. The van der Waals surface area contributed by atoms with E-state index >= 15 is 0 Å². The van der Waals surface area contributed by atoms with Crippen molar-refractivity contribution >= 4 is 11.9 Å². The molecule has 0 heterocycles. The Balaban J connectivity index is 2.04. The Bertz CT molecular complexity index is 760. The van der Waals surface area contributed by atoms with Crippen molar-refractivity contribution in [2.45, 2.75) is 0 Å². The van der Waals surface area contributed by atoms with Crippen LogP contribution in [0.15, 0.2) is 54.6 Å². The van der Waals surface area contributed by atoms with Gasteiger partial charge in [-0.15, -0.1) is 0 Å². The smallest absolute Gasteiger partial charge is 0.185 e. The molecule has 0 aliphatic rings. The number of carbonyl (C=O) groups excluding carboxylic acids is 1. The Labute approximate surface area is 126 Å². The number of hydrogen-bond acceptors (Lipinski definition) is 5. The van der Waals surface area contributed by atoms with Gasteiger partial charge in [0.15, 0.2) is 28.8 Å². The predicted molar refractivity (Wildman–Crippen MR) is 82.0 cm³/mol. The molecule has 5 nitrogen and oxygen atoms in total. The molecule has 0 amide bonds. The summed E-state index contributed by atoms with van der Waals surface area (Å²) in [4.78, 5) is 11.8. The standard InChI is InChI=1S/C17H14O5/c18-13(12-6-8-15(20)17(22)10-12)4-2-1-3-11-5-7-14(19)16(21)9-11/h1-10,19-22H/b3-1+,4-2+. The maximum Gasteiger partial charge on any atom is 0.185 e. The molecular weight excluding hydrogens is 284 g/mol. The summed E-state index contributed by atoms with van der Waals surface area (Å²) < 4.78 is 0. The van der Waals surface area contributed by atoms with Gasteiger partial charge in [-0.3, -0.25) is 4.79 Å². The van der Waals surface area contributed by atoms with Gasteiger partial charge in [0, 0.05) is 5.56 Å². The first-order valence-corrected chi connectivity index (χ1v) is 6.40. The van der Waals surface area contributed by atoms with Crippen molar-refractivity contribution in [2.24, 2.45) is 0 Å². The van der Waals surface area contributed by atoms with E-state index in [9.17, 15) is 25.2 Å². The van der Waals surface area contributed by atoms with Crippen LogP contribution < -0.4 is 0 Å². The van der Waals surface area contributed by atoms with Crippen LogP contribution in [0.4, 0.5) is 0 Å². The zero-order valence-corrected chi connectivity index (χ0v) is 11.5. The molecule has 0 fully saturated rings. The van der Waals surface area contributed by atoms with Gasteiger partial charge in [-0.1, -0.05) is 24.3 Å². The molecule has 0 saturated carbocycles. The maximum absolute atomic E-state index is 11.8. The molecule has 0 spiro atoms. The minimum atomic E-state index is -0.352. The van der Waals surface area contributed by atoms with Crippen molar-refractivity contribution in [2.75, 3.05) is 0 Å². The van der Waals surface area contributed by atoms with Crippen molar-refractivity contribution in [3.05, 3.63) is 65.8 Å². The normalized spacial score (nSPS) is 11.3. The molecule has 0 aromatic heterocycles. The van der Waals surface area contributed by atoms with Gasteiger partial charge in [0.05, 0.1) is 0 Å². The zero-order chi connectivity index (χ0) is 16.1. The van der Waals surface area contributed by atoms with Gasteiger partial charge in [0.2, 0.25) is 0 Å². The second-order valence-corrected chi connectivity index (χ2v) is 4.53. The quantitative estimate of drug-likeness (QED) is 0.301. The molecule has 0 unspecified atom stereocenters. The minimum absolute atomic E-state index is 0.199. The summed E-state index contributed by atoms with van der Waals surface area (Å²) in [5.41, 5.74) is 0.914. The van der Waals surface area contributed by atoms with Crippen molar-refractivity contribution in [3.63, 3.8) is 0 Å². The lowest BCUT2D eigenvalue weighted by Crippen LogP contribution is -1.93. The SMILES string of the molecule is O=C(/C=C/C=C/c1ccc(O)c(O)c1)c1ccc(O)c(O)c1. The van der Waals surface area contributed by atoms with Crippen LogP contribution in [0.5, 0.6) is 23.0 Å². The second kappa shape index (κ2) is 6.49. The van der Waals surface area contributed by atoms with Gasteiger partial charge in [-0.05, 0) is 42.0 Å². The molecule has 0 radical (unpaired) electrons. The summed E-state index contributed by atoms with van der Waals surface area (Å²) in [6.07, 6.45) is 6.07. The number of rotatable bonds is 4. The van der Waals surface area contributed by atoms with Crippen molar-refractivity contribution in [1.29, 1.82) is 0 Å². The summed E-state index contributed by atoms with van der Waals surface area (Å²) in [6.45, 7) is 0. The lowest BCUT2D eigenvalue weighted by Gasteiger charge is -1.99. The number of phenolic OH excluding ortho intramolecular Hbond substituents is 4. The van der Waals surface area contributed by atoms with E-state index in [0.29, 0.717) is 5.56 Å². The summed E-state index contributed by atoms with van der Waals surface area (Å²) in [6, 6.07) is 8.19. The van der Waals surface area contributed by atoms with E-state index in [0.717, 1.165) is 0 Å². The van der Waals surface area contributed by atoms with Crippen molar-refractivity contribution < 1.29 is 25.2 Å². The first-order valence-electron chi connectivity index (χ1n) is 6.40. The summed E-state index contributed by atoms with van der Waals surface area (Å²) in [7, 11) is 0. The van der Waals surface area contributed by atoms with Crippen LogP contribution in [0.2, 0.25) is 0 Å². The van der Waals surface area contributed by atoms with E-state index in [4.69, 9.17) is 0 Å². The third kappa shape index (κ3) is 3.67. The maximum atomic E-state index is 11.8. The van der Waals surface area contributed by atoms with E-state index in [2.05, 4.69) is 0 Å². The largest absolute Gasteiger partial charge is 0.504 e. The monoisotopic (exact) mass is 298 g/mol. The van der Waals surface area contributed by atoms with E-state index < -0.39 is 0 Å². The molecule has 5 heteroatoms. The number of allylic oxidation sites excluding steroid dienone is 3. The molecule has 112 valence electrons. The van der Waals surface area contributed by atoms with Crippen molar-refractivity contribution in [3.8, 4) is 23.0 Å². The van der Waals surface area contributed by atoms with E-state index in [1.165, 1.54) is 42.5 Å². The molecule has 0 aliphatic carbocycles. The van der Waals surface area contributed by atoms with Crippen LogP contribution >= 0.6 is 0 Å². The third-order valence-electron chi connectivity index (χ3n) is 2.91. The van der Waals surface area contributed by atoms with Gasteiger partial charge in [-0.2, -0.15) is 0 Å². The van der Waals surface area contributed by atoms with Crippen LogP contribution in [0, 0.1) is 0 Å². The van der Waals surface area contributed by atoms with Gasteiger partial charge in [0.25, 0.3) is 0 Å². The molecule has 0 saturated heterocycles. The topological polar surface area (TPSA) is 98.0 Å². The predicted octanol–water partition coefficient (Wildman–Crippen LogP) is 2.96. The van der Waals surface area contributed by atoms with Crippen LogP contribution in [0.25, 0.3) is 6.08 Å². The second-order valence-electron chi connectivity index (χ2n) is 4.53. The fraction of sp³-hybridized carbons (Fsp3) is 0. The average molecular weight is 298 g/mol. The lowest BCUT2D eigenvalue weighted by atomic mass is 10.1. The molecule has 2 rings (SSSR count). The highest BCUT2D eigenvalue weighted by Gasteiger charge is 2.05. The van der Waals surface area contributed by atoms with E-state index in [1.807, 2.05) is 0 Å². The highest BCUT2D eigenvalue weighted by Crippen LogP contribution is 2.26. The summed E-state index contributed by atoms with van der Waals surface area (Å²) >= 11 is 0. The number of aromatic hydroxyl groups is 4. The first kappa shape index (κ1) is 15.2. The molecule has 0 atom stereocenters. The Kier molecular flexibility index (Phi) is 4.48. The Hall–Kier alpha value is -3.21. The first-order chi connectivity index (χ1) is 10.5. The van der Waals surface area contributed by atoms with Gasteiger partial charge in [-0.25, -0.2) is 0 Å². The van der Waals surface area contributed by atoms with E-state index in [-0.39, 0.29) is 34.3 Å². The van der Waals surface area contributed by atoms with Gasteiger partial charge < -0.3 is 20.4 Å². The zero-order valence-electron chi connectivity index (χ0n) is 11.5. The Morgan fingerprint density at radius 3 is 2.05 bits per heavy atom. The van der Waals surface area contributed by atoms with Crippen LogP contribution in [-0.2, 0) is 0 Å². The van der Waals surface area contributed by atoms with Gasteiger partial charge >= 0.3 is 0 Å². The van der Waals surface area contributed by atoms with Gasteiger partial charge in [0.1, 0.15) is 0 Å². The average Bonchev–Trinajstić information content (AvgIpc) is 2.49. The third-order valence-corrected chi connectivity index (χ3v) is 2.91. The van der Waals surface area contributed by atoms with Crippen LogP contribution in [-0.4, -0.2) is 26.2 Å². The highest BCUT2D eigenvalue weighted by atomic mass is 16.3. The Morgan fingerprint density at radius 1 is 0.773 bits per heavy atom. The summed E-state index contributed by atoms with van der Waals surface area (Å²) in [5.74, 6) is -1.38. The fourth-order valence-corrected chi connectivity index (χ4v) is 1.73. The highest BCUT2D eigenvalue weighted by molar-refractivity contribution is 6.05. The lowest BCUT2D eigenvalue weighted by molar-refractivity contribution is 0.104. The molecule has 4 N–H and O–H groups in total. The molecular formula is C17H14O5. The number of hydrogen-bond donors (Lipinski definition) is 4. The minimum Gasteiger partial charge on any atom is -0.504 e. The van der Waals surface area contributed by atoms with Crippen molar-refractivity contribution in [1.82, 2.24) is 0 Å². The molecule has 0 bridgehead atoms. The number of carbonyl (C=O) groups is 1.